The highest BCUT2D eigenvalue weighted by atomic mass is 16.8. The molecule has 0 radical (unpaired) electrons. The number of methoxy groups -OCH3 is 1. The molecule has 2 N–H and O–H groups in total. The third kappa shape index (κ3) is 4.23. The van der Waals surface area contributed by atoms with Gasteiger partial charge >= 0.3 is 5.97 Å². The van der Waals surface area contributed by atoms with Crippen LogP contribution in [-0.4, -0.2) is 23.9 Å². The van der Waals surface area contributed by atoms with Gasteiger partial charge in [-0.3, -0.25) is 0 Å². The molecule has 0 amide bonds. The third-order valence-electron chi connectivity index (χ3n) is 3.22. The molecule has 0 aromatic heterocycles. The van der Waals surface area contributed by atoms with Crippen molar-refractivity contribution in [1.82, 2.24) is 0 Å². The summed E-state index contributed by atoms with van der Waals surface area (Å²) in [5.74, 6) is 0.711. The molecule has 0 saturated carbocycles. The summed E-state index contributed by atoms with van der Waals surface area (Å²) in [7, 11) is 1.29. The summed E-state index contributed by atoms with van der Waals surface area (Å²) in [6.45, 7) is 3.19. The van der Waals surface area contributed by atoms with Gasteiger partial charge in [-0.25, -0.2) is 10.0 Å². The maximum absolute atomic E-state index is 11.8. The Hall–Kier alpha value is -2.61. The first-order chi connectivity index (χ1) is 11.3. The Bertz CT molecular complexity index is 696. The smallest absolute Gasteiger partial charge is 0.349 e. The van der Waals surface area contributed by atoms with E-state index >= 15 is 0 Å². The normalized spacial score (nSPS) is 12.4. The van der Waals surface area contributed by atoms with Crippen LogP contribution in [0.3, 0.4) is 0 Å². The summed E-state index contributed by atoms with van der Waals surface area (Å²) in [6, 6.07) is 12.9. The lowest BCUT2D eigenvalue weighted by molar-refractivity contribution is -0.991. The molecule has 24 heavy (non-hydrogen) atoms. The van der Waals surface area contributed by atoms with E-state index in [1.807, 2.05) is 0 Å². The third-order valence-corrected chi connectivity index (χ3v) is 3.22. The van der Waals surface area contributed by atoms with Gasteiger partial charge in [-0.1, -0.05) is 12.1 Å². The molecular weight excluding hydrogens is 314 g/mol. The van der Waals surface area contributed by atoms with Crippen molar-refractivity contribution in [3.05, 3.63) is 53.7 Å². The number of nitrogens with one attached hydrogen (secondary N) is 1. The Labute approximate surface area is 139 Å². The van der Waals surface area contributed by atoms with Crippen LogP contribution >= 0.6 is 0 Å². The molecule has 0 spiro atoms. The van der Waals surface area contributed by atoms with Gasteiger partial charge in [-0.2, -0.15) is 5.23 Å². The Morgan fingerprint density at radius 1 is 1.08 bits per heavy atom. The van der Waals surface area contributed by atoms with Crippen molar-refractivity contribution in [3.63, 3.8) is 0 Å². The predicted molar refractivity (Wildman–Crippen MR) is 85.5 cm³/mol. The Kier molecular flexibility index (Phi) is 5.40. The van der Waals surface area contributed by atoms with Crippen molar-refractivity contribution in [1.29, 1.82) is 0 Å². The summed E-state index contributed by atoms with van der Waals surface area (Å²) in [6.07, 6.45) is 0. The quantitative estimate of drug-likeness (QED) is 0.622. The van der Waals surface area contributed by atoms with E-state index in [9.17, 15) is 10.0 Å². The molecule has 1 unspecified atom stereocenters. The Balaban J connectivity index is 2.21. The fourth-order valence-corrected chi connectivity index (χ4v) is 1.97. The van der Waals surface area contributed by atoms with E-state index in [1.54, 1.807) is 50.2 Å². The van der Waals surface area contributed by atoms with Gasteiger partial charge in [0.25, 0.3) is 0 Å². The first-order valence-corrected chi connectivity index (χ1v) is 7.21. The predicted octanol–water partition coefficient (Wildman–Crippen LogP) is 2.21. The number of carbonyl (C=O) groups is 1. The minimum Gasteiger partial charge on any atom is -0.595 e. The molecule has 2 rings (SSSR count). The zero-order valence-corrected chi connectivity index (χ0v) is 13.6. The molecule has 128 valence electrons. The van der Waals surface area contributed by atoms with Gasteiger partial charge in [-0.15, -0.1) is 0 Å². The SMILES string of the molecule is COC(=O)C(C)(C)Oc1ccccc1Oc1ccc([NH+]([O-])O)cc1. The first-order valence-electron chi connectivity index (χ1n) is 7.21. The molecule has 0 aliphatic rings. The number of benzene rings is 2. The second-order valence-electron chi connectivity index (χ2n) is 5.48. The largest absolute Gasteiger partial charge is 0.595 e. The Morgan fingerprint density at radius 3 is 2.21 bits per heavy atom. The second-order valence-corrected chi connectivity index (χ2v) is 5.48. The van der Waals surface area contributed by atoms with Crippen LogP contribution in [0.2, 0.25) is 0 Å². The van der Waals surface area contributed by atoms with Crippen molar-refractivity contribution in [2.45, 2.75) is 19.4 Å². The number of para-hydroxylation sites is 2. The number of carbonyl (C=O) groups excluding carboxylic acids is 1. The number of ether oxygens (including phenoxy) is 3. The summed E-state index contributed by atoms with van der Waals surface area (Å²) in [4.78, 5) is 11.8. The van der Waals surface area contributed by atoms with Gasteiger partial charge in [0.05, 0.1) is 7.11 Å². The molecule has 0 aliphatic carbocycles. The van der Waals surface area contributed by atoms with E-state index < -0.39 is 16.8 Å². The molecule has 0 saturated heterocycles. The highest BCUT2D eigenvalue weighted by molar-refractivity contribution is 5.79. The van der Waals surface area contributed by atoms with Crippen LogP contribution in [0.15, 0.2) is 48.5 Å². The van der Waals surface area contributed by atoms with E-state index in [2.05, 4.69) is 0 Å². The van der Waals surface area contributed by atoms with Crippen molar-refractivity contribution in [3.8, 4) is 17.2 Å². The van der Waals surface area contributed by atoms with Gasteiger partial charge in [0, 0.05) is 12.1 Å². The lowest BCUT2D eigenvalue weighted by Crippen LogP contribution is -2.99. The highest BCUT2D eigenvalue weighted by Gasteiger charge is 2.32. The lowest BCUT2D eigenvalue weighted by Gasteiger charge is -2.24. The van der Waals surface area contributed by atoms with Gasteiger partial charge in [0.1, 0.15) is 5.75 Å². The second kappa shape index (κ2) is 7.31. The molecule has 7 heteroatoms. The number of rotatable bonds is 6. The Morgan fingerprint density at radius 2 is 1.67 bits per heavy atom. The van der Waals surface area contributed by atoms with Gasteiger partial charge < -0.3 is 19.4 Å². The van der Waals surface area contributed by atoms with Crippen LogP contribution in [0.5, 0.6) is 17.2 Å². The number of esters is 1. The fourth-order valence-electron chi connectivity index (χ4n) is 1.97. The van der Waals surface area contributed by atoms with Crippen molar-refractivity contribution < 1.29 is 29.4 Å². The van der Waals surface area contributed by atoms with Gasteiger partial charge in [0.15, 0.2) is 22.8 Å². The lowest BCUT2D eigenvalue weighted by atomic mass is 10.1. The van der Waals surface area contributed by atoms with Crippen molar-refractivity contribution >= 4 is 11.7 Å². The molecular formula is C17H19NO6. The van der Waals surface area contributed by atoms with E-state index in [0.29, 0.717) is 17.2 Å². The van der Waals surface area contributed by atoms with Crippen LogP contribution < -0.4 is 14.7 Å². The maximum atomic E-state index is 11.8. The average molecular weight is 333 g/mol. The summed E-state index contributed by atoms with van der Waals surface area (Å²) in [5, 5.41) is 18.8. The van der Waals surface area contributed by atoms with E-state index in [4.69, 9.17) is 19.4 Å². The number of hydrogen-bond acceptors (Lipinski definition) is 6. The average Bonchev–Trinajstić information content (AvgIpc) is 2.56. The topological polar surface area (TPSA) is 92.5 Å². The molecule has 0 bridgehead atoms. The van der Waals surface area contributed by atoms with Crippen LogP contribution in [0.4, 0.5) is 5.69 Å². The van der Waals surface area contributed by atoms with Gasteiger partial charge in [-0.05, 0) is 38.1 Å². The van der Waals surface area contributed by atoms with Crippen molar-refractivity contribution in [2.24, 2.45) is 0 Å². The first kappa shape index (κ1) is 17.7. The van der Waals surface area contributed by atoms with Gasteiger partial charge in [0.2, 0.25) is 0 Å². The van der Waals surface area contributed by atoms with E-state index in [1.165, 1.54) is 19.2 Å². The van der Waals surface area contributed by atoms with E-state index in [-0.39, 0.29) is 5.69 Å². The van der Waals surface area contributed by atoms with Crippen LogP contribution in [0.25, 0.3) is 0 Å². The number of quaternary nitrogens is 1. The molecule has 2 aromatic carbocycles. The summed E-state index contributed by atoms with van der Waals surface area (Å²) >= 11 is 0. The molecule has 0 aliphatic heterocycles. The highest BCUT2D eigenvalue weighted by Crippen LogP contribution is 2.34. The zero-order chi connectivity index (χ0) is 17.7. The standard InChI is InChI=1S/C17H19NO6/c1-17(2,16(19)22-3)24-15-7-5-4-6-14(15)23-13-10-8-12(9-11-13)18(20)21/h4-11,18,20H,1-3H3. The zero-order valence-electron chi connectivity index (χ0n) is 13.6. The summed E-state index contributed by atoms with van der Waals surface area (Å²) in [5.41, 5.74) is -1.01. The van der Waals surface area contributed by atoms with E-state index in [0.717, 1.165) is 0 Å². The molecule has 0 heterocycles. The van der Waals surface area contributed by atoms with Crippen LogP contribution in [0, 0.1) is 5.21 Å². The summed E-state index contributed by atoms with van der Waals surface area (Å²) < 4.78 is 16.2. The molecule has 7 nitrogen and oxygen atoms in total. The minimum absolute atomic E-state index is 0.165. The maximum Gasteiger partial charge on any atom is 0.349 e. The molecule has 2 aromatic rings. The van der Waals surface area contributed by atoms with Crippen molar-refractivity contribution in [2.75, 3.05) is 7.11 Å². The van der Waals surface area contributed by atoms with Crippen LogP contribution in [0.1, 0.15) is 13.8 Å². The monoisotopic (exact) mass is 333 g/mol. The van der Waals surface area contributed by atoms with Crippen LogP contribution in [-0.2, 0) is 9.53 Å². The number of hydrogen-bond donors (Lipinski definition) is 2. The fraction of sp³-hybridized carbons (Fsp3) is 0.235. The molecule has 1 atom stereocenters. The molecule has 0 fully saturated rings. The minimum atomic E-state index is -1.18.